The molecule has 0 spiro atoms. The van der Waals surface area contributed by atoms with E-state index in [1.54, 1.807) is 42.5 Å². The van der Waals surface area contributed by atoms with Gasteiger partial charge in [0, 0.05) is 29.6 Å². The van der Waals surface area contributed by atoms with Crippen LogP contribution in [0.4, 0.5) is 0 Å². The van der Waals surface area contributed by atoms with Crippen molar-refractivity contribution in [2.75, 3.05) is 6.61 Å². The second-order valence-corrected chi connectivity index (χ2v) is 9.11. The molecular weight excluding hydrogens is 426 g/mol. The number of ether oxygens (including phenoxy) is 1. The number of fused-ring (bicyclic) bond motifs is 1. The molecule has 4 aromatic rings. The highest BCUT2D eigenvalue weighted by Crippen LogP contribution is 2.33. The first-order valence-corrected chi connectivity index (χ1v) is 11.7. The molecule has 0 fully saturated rings. The maximum absolute atomic E-state index is 13.9. The van der Waals surface area contributed by atoms with E-state index >= 15 is 0 Å². The quantitative estimate of drug-likeness (QED) is 0.411. The lowest BCUT2D eigenvalue weighted by Gasteiger charge is -2.13. The van der Waals surface area contributed by atoms with Gasteiger partial charge in [0.25, 0.3) is 10.0 Å². The number of benzene rings is 3. The number of aromatic nitrogens is 1. The fraction of sp³-hybridized carbons (Fsp3) is 0.160. The number of hydrogen-bond acceptors (Lipinski definition) is 4. The van der Waals surface area contributed by atoms with Crippen LogP contribution in [0.25, 0.3) is 22.0 Å². The molecule has 7 heteroatoms. The minimum atomic E-state index is -3.98. The van der Waals surface area contributed by atoms with E-state index in [1.165, 1.54) is 10.2 Å². The van der Waals surface area contributed by atoms with Gasteiger partial charge in [-0.25, -0.2) is 12.4 Å². The molecule has 0 unspecified atom stereocenters. The average molecular weight is 450 g/mol. The van der Waals surface area contributed by atoms with E-state index in [2.05, 4.69) is 0 Å². The predicted molar refractivity (Wildman–Crippen MR) is 124 cm³/mol. The van der Waals surface area contributed by atoms with Crippen LogP contribution in [0, 0.1) is 0 Å². The van der Waals surface area contributed by atoms with Crippen molar-refractivity contribution in [2.45, 2.75) is 24.7 Å². The summed E-state index contributed by atoms with van der Waals surface area (Å²) < 4.78 is 34.6. The van der Waals surface area contributed by atoms with Gasteiger partial charge in [0.2, 0.25) is 0 Å². The molecule has 0 saturated heterocycles. The third kappa shape index (κ3) is 4.11. The van der Waals surface area contributed by atoms with Crippen LogP contribution in [-0.4, -0.2) is 30.1 Å². The van der Waals surface area contributed by atoms with Crippen molar-refractivity contribution < 1.29 is 23.1 Å². The van der Waals surface area contributed by atoms with Gasteiger partial charge in [0.15, 0.2) is 0 Å². The summed E-state index contributed by atoms with van der Waals surface area (Å²) in [5.74, 6) is -0.384. The maximum Gasteiger partial charge on any atom is 0.303 e. The average Bonchev–Trinajstić information content (AvgIpc) is 3.17. The second-order valence-electron chi connectivity index (χ2n) is 7.32. The highest BCUT2D eigenvalue weighted by molar-refractivity contribution is 7.90. The Bertz CT molecular complexity index is 1370. The third-order valence-corrected chi connectivity index (χ3v) is 6.99. The molecule has 164 valence electrons. The second kappa shape index (κ2) is 8.88. The molecule has 3 aromatic carbocycles. The molecule has 1 N–H and O–H groups in total. The highest BCUT2D eigenvalue weighted by atomic mass is 32.2. The molecular formula is C25H23NO5S. The third-order valence-electron chi connectivity index (χ3n) is 5.25. The summed E-state index contributed by atoms with van der Waals surface area (Å²) >= 11 is 0. The van der Waals surface area contributed by atoms with Crippen LogP contribution < -0.4 is 4.74 Å². The molecule has 0 radical (unpaired) electrons. The molecule has 0 atom stereocenters. The zero-order valence-corrected chi connectivity index (χ0v) is 18.4. The van der Waals surface area contributed by atoms with Gasteiger partial charge < -0.3 is 9.84 Å². The zero-order valence-electron chi connectivity index (χ0n) is 17.6. The molecule has 1 heterocycles. The summed E-state index contributed by atoms with van der Waals surface area (Å²) in [6, 6.07) is 21.5. The summed E-state index contributed by atoms with van der Waals surface area (Å²) in [6.45, 7) is 2.30. The smallest absolute Gasteiger partial charge is 0.303 e. The monoisotopic (exact) mass is 449 g/mol. The van der Waals surface area contributed by atoms with E-state index in [0.717, 1.165) is 5.56 Å². The molecule has 0 aliphatic rings. The Morgan fingerprint density at radius 1 is 1.00 bits per heavy atom. The first-order valence-electron chi connectivity index (χ1n) is 10.3. The molecule has 6 nitrogen and oxygen atoms in total. The van der Waals surface area contributed by atoms with Crippen LogP contribution in [-0.2, 0) is 21.2 Å². The van der Waals surface area contributed by atoms with Crippen molar-refractivity contribution in [3.63, 3.8) is 0 Å². The van der Waals surface area contributed by atoms with Crippen molar-refractivity contribution in [1.82, 2.24) is 3.97 Å². The number of carboxylic acids is 1. The van der Waals surface area contributed by atoms with E-state index in [-0.39, 0.29) is 17.7 Å². The number of aliphatic carboxylic acids is 1. The molecule has 1 aromatic heterocycles. The van der Waals surface area contributed by atoms with Gasteiger partial charge in [-0.3, -0.25) is 4.79 Å². The molecule has 0 amide bonds. The van der Waals surface area contributed by atoms with Gasteiger partial charge in [0.1, 0.15) is 5.75 Å². The lowest BCUT2D eigenvalue weighted by molar-refractivity contribution is -0.136. The minimum Gasteiger partial charge on any atom is -0.494 e. The summed E-state index contributed by atoms with van der Waals surface area (Å²) in [5, 5.41) is 9.81. The molecule has 0 aliphatic heterocycles. The van der Waals surface area contributed by atoms with Crippen LogP contribution in [0.5, 0.6) is 5.75 Å². The van der Waals surface area contributed by atoms with Crippen LogP contribution in [0.15, 0.2) is 83.9 Å². The number of nitrogens with zero attached hydrogens (tertiary/aromatic N) is 1. The van der Waals surface area contributed by atoms with E-state index in [9.17, 15) is 13.2 Å². The Morgan fingerprint density at radius 3 is 2.44 bits per heavy atom. The van der Waals surface area contributed by atoms with E-state index in [0.29, 0.717) is 34.4 Å². The fourth-order valence-corrected chi connectivity index (χ4v) is 5.40. The Balaban J connectivity index is 1.92. The standard InChI is InChI=1S/C25H23NO5S/c1-2-31-20-13-14-21-19(12-15-25(27)28)17-26(23(21)16-20)32(29,30)24-11-7-6-10-22(24)18-8-4-3-5-9-18/h3-11,13-14,16-17H,2,12,15H2,1H3,(H,27,28). The number of carbonyl (C=O) groups is 1. The zero-order chi connectivity index (χ0) is 22.7. The molecule has 0 bridgehead atoms. The summed E-state index contributed by atoms with van der Waals surface area (Å²) in [7, 11) is -3.98. The lowest BCUT2D eigenvalue weighted by Crippen LogP contribution is -2.13. The summed E-state index contributed by atoms with van der Waals surface area (Å²) in [5.41, 5.74) is 2.51. The largest absolute Gasteiger partial charge is 0.494 e. The Labute approximate surface area is 186 Å². The van der Waals surface area contributed by atoms with E-state index in [1.807, 2.05) is 37.3 Å². The minimum absolute atomic E-state index is 0.0903. The number of aryl methyl sites for hydroxylation is 1. The van der Waals surface area contributed by atoms with Crippen LogP contribution in [0.2, 0.25) is 0 Å². The van der Waals surface area contributed by atoms with Gasteiger partial charge in [0.05, 0.1) is 17.0 Å². The first kappa shape index (κ1) is 21.6. The molecule has 4 rings (SSSR count). The van der Waals surface area contributed by atoms with Crippen molar-refractivity contribution in [3.05, 3.63) is 84.6 Å². The van der Waals surface area contributed by atoms with Crippen molar-refractivity contribution in [3.8, 4) is 16.9 Å². The van der Waals surface area contributed by atoms with E-state index < -0.39 is 16.0 Å². The van der Waals surface area contributed by atoms with Gasteiger partial charge in [-0.1, -0.05) is 48.5 Å². The van der Waals surface area contributed by atoms with Crippen molar-refractivity contribution in [1.29, 1.82) is 0 Å². The summed E-state index contributed by atoms with van der Waals surface area (Å²) in [4.78, 5) is 11.3. The van der Waals surface area contributed by atoms with E-state index in [4.69, 9.17) is 9.84 Å². The fourth-order valence-electron chi connectivity index (χ4n) is 3.80. The SMILES string of the molecule is CCOc1ccc2c(CCC(=O)O)cn(S(=O)(=O)c3ccccc3-c3ccccc3)c2c1. The maximum atomic E-state index is 13.9. The Kier molecular flexibility index (Phi) is 6.01. The lowest BCUT2D eigenvalue weighted by atomic mass is 10.1. The molecule has 0 aliphatic carbocycles. The first-order chi connectivity index (χ1) is 15.4. The van der Waals surface area contributed by atoms with Gasteiger partial charge in [-0.05, 0) is 42.7 Å². The van der Waals surface area contributed by atoms with Crippen LogP contribution in [0.3, 0.4) is 0 Å². The van der Waals surface area contributed by atoms with Gasteiger partial charge >= 0.3 is 5.97 Å². The number of carboxylic acid groups (broad SMARTS) is 1. The van der Waals surface area contributed by atoms with Crippen molar-refractivity contribution in [2.24, 2.45) is 0 Å². The Morgan fingerprint density at radius 2 is 1.72 bits per heavy atom. The molecule has 32 heavy (non-hydrogen) atoms. The van der Waals surface area contributed by atoms with Gasteiger partial charge in [-0.2, -0.15) is 0 Å². The summed E-state index contributed by atoms with van der Waals surface area (Å²) in [6.07, 6.45) is 1.66. The van der Waals surface area contributed by atoms with Gasteiger partial charge in [-0.15, -0.1) is 0 Å². The van der Waals surface area contributed by atoms with Crippen LogP contribution in [0.1, 0.15) is 18.9 Å². The number of rotatable bonds is 8. The highest BCUT2D eigenvalue weighted by Gasteiger charge is 2.25. The van der Waals surface area contributed by atoms with Crippen LogP contribution >= 0.6 is 0 Å². The number of hydrogen-bond donors (Lipinski definition) is 1. The topological polar surface area (TPSA) is 85.6 Å². The predicted octanol–water partition coefficient (Wildman–Crippen LogP) is 4.96. The Hall–Kier alpha value is -3.58. The molecule has 0 saturated carbocycles. The van der Waals surface area contributed by atoms with Crippen molar-refractivity contribution >= 4 is 26.9 Å². The normalized spacial score (nSPS) is 11.5.